The highest BCUT2D eigenvalue weighted by molar-refractivity contribution is 7.99. The molecule has 0 aliphatic carbocycles. The Morgan fingerprint density at radius 1 is 1.46 bits per heavy atom. The molecule has 1 saturated heterocycles. The number of thioether (sulfide) groups is 1. The molecule has 1 aromatic heterocycles. The molecule has 9 nitrogen and oxygen atoms in total. The van der Waals surface area contributed by atoms with Gasteiger partial charge in [-0.25, -0.2) is 4.68 Å². The summed E-state index contributed by atoms with van der Waals surface area (Å²) in [6.45, 7) is 2.96. The van der Waals surface area contributed by atoms with Crippen LogP contribution < -0.4 is 9.47 Å². The first-order chi connectivity index (χ1) is 13.6. The van der Waals surface area contributed by atoms with Gasteiger partial charge in [0.05, 0.1) is 25.9 Å². The third-order valence-corrected chi connectivity index (χ3v) is 5.41. The first-order valence-electron chi connectivity index (χ1n) is 9.07. The third kappa shape index (κ3) is 5.43. The molecule has 0 spiro atoms. The summed E-state index contributed by atoms with van der Waals surface area (Å²) < 4.78 is 18.2. The van der Waals surface area contributed by atoms with E-state index in [4.69, 9.17) is 14.2 Å². The van der Waals surface area contributed by atoms with Gasteiger partial charge in [0.1, 0.15) is 6.61 Å². The predicted molar refractivity (Wildman–Crippen MR) is 102 cm³/mol. The van der Waals surface area contributed by atoms with Crippen molar-refractivity contribution < 1.29 is 24.1 Å². The zero-order valence-corrected chi connectivity index (χ0v) is 16.7. The van der Waals surface area contributed by atoms with E-state index in [1.165, 1.54) is 25.8 Å². The second-order valence-corrected chi connectivity index (χ2v) is 7.46. The summed E-state index contributed by atoms with van der Waals surface area (Å²) in [5.41, 5.74) is 0.540. The van der Waals surface area contributed by atoms with Crippen LogP contribution in [0.4, 0.5) is 0 Å². The number of nitrogens with zero attached hydrogens (tertiary/aromatic N) is 4. The van der Waals surface area contributed by atoms with Gasteiger partial charge in [-0.1, -0.05) is 11.8 Å². The maximum atomic E-state index is 11.5. The lowest BCUT2D eigenvalue weighted by molar-refractivity contribution is 0.0911. The van der Waals surface area contributed by atoms with Crippen molar-refractivity contribution in [1.29, 1.82) is 0 Å². The molecule has 1 N–H and O–H groups in total. The van der Waals surface area contributed by atoms with Crippen molar-refractivity contribution in [2.24, 2.45) is 0 Å². The molecule has 0 amide bonds. The molecule has 2 heterocycles. The molecule has 2 aromatic rings. The average molecular weight is 408 g/mol. The van der Waals surface area contributed by atoms with Gasteiger partial charge in [-0.3, -0.25) is 4.79 Å². The normalized spacial score (nSPS) is 17.5. The van der Waals surface area contributed by atoms with E-state index in [9.17, 15) is 9.90 Å². The molecule has 1 aromatic carbocycles. The lowest BCUT2D eigenvalue weighted by Crippen LogP contribution is -2.21. The molecule has 1 fully saturated rings. The number of carbonyl (C=O) groups is 1. The van der Waals surface area contributed by atoms with Crippen LogP contribution in [0.25, 0.3) is 0 Å². The number of aromatic nitrogens is 4. The summed E-state index contributed by atoms with van der Waals surface area (Å²) in [7, 11) is 1.51. The van der Waals surface area contributed by atoms with Crippen LogP contribution in [-0.2, 0) is 11.3 Å². The van der Waals surface area contributed by atoms with Gasteiger partial charge in [0.2, 0.25) is 5.16 Å². The molecule has 1 aliphatic rings. The number of aliphatic hydroxyl groups excluding tert-OH is 1. The zero-order valence-electron chi connectivity index (χ0n) is 15.9. The summed E-state index contributed by atoms with van der Waals surface area (Å²) in [5.74, 6) is 1.24. The highest BCUT2D eigenvalue weighted by atomic mass is 32.2. The maximum absolute atomic E-state index is 11.5. The van der Waals surface area contributed by atoms with Crippen molar-refractivity contribution in [3.63, 3.8) is 0 Å². The minimum atomic E-state index is -0.727. The van der Waals surface area contributed by atoms with Gasteiger partial charge >= 0.3 is 0 Å². The van der Waals surface area contributed by atoms with E-state index in [0.29, 0.717) is 34.5 Å². The lowest BCUT2D eigenvalue weighted by Gasteiger charge is -2.15. The molecule has 0 bridgehead atoms. The zero-order chi connectivity index (χ0) is 19.9. The molecule has 3 rings (SSSR count). The number of ether oxygens (including phenoxy) is 3. The van der Waals surface area contributed by atoms with Gasteiger partial charge in [0, 0.05) is 17.9 Å². The molecule has 152 valence electrons. The van der Waals surface area contributed by atoms with Crippen LogP contribution in [0.15, 0.2) is 23.4 Å². The van der Waals surface area contributed by atoms with Crippen LogP contribution in [0.5, 0.6) is 11.5 Å². The number of methoxy groups -OCH3 is 1. The average Bonchev–Trinajstić information content (AvgIpc) is 3.36. The van der Waals surface area contributed by atoms with Gasteiger partial charge in [0.15, 0.2) is 17.3 Å². The van der Waals surface area contributed by atoms with Crippen LogP contribution in [0, 0.1) is 0 Å². The van der Waals surface area contributed by atoms with Gasteiger partial charge < -0.3 is 19.3 Å². The van der Waals surface area contributed by atoms with Crippen LogP contribution in [0.1, 0.15) is 30.1 Å². The van der Waals surface area contributed by atoms with E-state index >= 15 is 0 Å². The minimum Gasteiger partial charge on any atom is -0.493 e. The lowest BCUT2D eigenvalue weighted by atomic mass is 10.1. The molecule has 28 heavy (non-hydrogen) atoms. The summed E-state index contributed by atoms with van der Waals surface area (Å²) in [6, 6.07) is 4.95. The standard InChI is InChI=1S/C18H24N4O5S/c1-12(23)13-5-6-16(17(8-13)25-2)27-10-14(24)11-28-18-19-20-21-22(18)9-15-4-3-7-26-15/h5-6,8,14-15,24H,3-4,7,9-11H2,1-2H3/t14-,15-/m0/s1. The smallest absolute Gasteiger partial charge is 0.209 e. The fourth-order valence-corrected chi connectivity index (χ4v) is 3.60. The van der Waals surface area contributed by atoms with E-state index < -0.39 is 6.10 Å². The number of benzene rings is 1. The number of hydrogen-bond donors (Lipinski definition) is 1. The number of carbonyl (C=O) groups excluding carboxylic acids is 1. The highest BCUT2D eigenvalue weighted by Gasteiger charge is 2.19. The molecule has 2 atom stereocenters. The van der Waals surface area contributed by atoms with Crippen LogP contribution in [0.3, 0.4) is 0 Å². The van der Waals surface area contributed by atoms with Crippen molar-refractivity contribution in [2.75, 3.05) is 26.1 Å². The Balaban J connectivity index is 1.49. The van der Waals surface area contributed by atoms with Gasteiger partial charge in [-0.05, 0) is 48.4 Å². The number of Topliss-reactive ketones (excluding diaryl/α,β-unsaturated/α-hetero) is 1. The fourth-order valence-electron chi connectivity index (χ4n) is 2.81. The minimum absolute atomic E-state index is 0.0537. The molecule has 0 radical (unpaired) electrons. The van der Waals surface area contributed by atoms with E-state index in [2.05, 4.69) is 15.5 Å². The SMILES string of the molecule is COc1cc(C(C)=O)ccc1OC[C@H](O)CSc1nnnn1C[C@@H]1CCCO1. The number of tetrazole rings is 1. The first-order valence-corrected chi connectivity index (χ1v) is 10.1. The van der Waals surface area contributed by atoms with Gasteiger partial charge in [-0.15, -0.1) is 5.10 Å². The van der Waals surface area contributed by atoms with Gasteiger partial charge in [-0.2, -0.15) is 0 Å². The van der Waals surface area contributed by atoms with E-state index in [0.717, 1.165) is 19.4 Å². The summed E-state index contributed by atoms with van der Waals surface area (Å²) >= 11 is 1.36. The molecule has 0 unspecified atom stereocenters. The Kier molecular flexibility index (Phi) is 7.24. The molecule has 10 heteroatoms. The van der Waals surface area contributed by atoms with Crippen LogP contribution in [0.2, 0.25) is 0 Å². The quantitative estimate of drug-likeness (QED) is 0.463. The van der Waals surface area contributed by atoms with E-state index in [1.54, 1.807) is 22.9 Å². The number of ketones is 1. The summed E-state index contributed by atoms with van der Waals surface area (Å²) in [6.07, 6.45) is 1.48. The second kappa shape index (κ2) is 9.85. The topological polar surface area (TPSA) is 109 Å². The van der Waals surface area contributed by atoms with E-state index in [1.807, 2.05) is 0 Å². The third-order valence-electron chi connectivity index (χ3n) is 4.31. The van der Waals surface area contributed by atoms with Crippen molar-refractivity contribution in [3.8, 4) is 11.5 Å². The molecular formula is C18H24N4O5S. The Hall–Kier alpha value is -2.17. The predicted octanol–water partition coefficient (Wildman–Crippen LogP) is 1.60. The van der Waals surface area contributed by atoms with Crippen molar-refractivity contribution in [3.05, 3.63) is 23.8 Å². The number of aliphatic hydroxyl groups is 1. The largest absolute Gasteiger partial charge is 0.493 e. The fraction of sp³-hybridized carbons (Fsp3) is 0.556. The Morgan fingerprint density at radius 2 is 2.32 bits per heavy atom. The van der Waals surface area contributed by atoms with Crippen molar-refractivity contribution in [2.45, 2.75) is 43.7 Å². The second-order valence-electron chi connectivity index (χ2n) is 6.48. The van der Waals surface area contributed by atoms with E-state index in [-0.39, 0.29) is 18.5 Å². The highest BCUT2D eigenvalue weighted by Crippen LogP contribution is 2.28. The van der Waals surface area contributed by atoms with Crippen LogP contribution >= 0.6 is 11.8 Å². The molecule has 1 aliphatic heterocycles. The Bertz CT molecular complexity index is 794. The first kappa shape index (κ1) is 20.6. The Labute approximate surface area is 167 Å². The monoisotopic (exact) mass is 408 g/mol. The number of rotatable bonds is 10. The summed E-state index contributed by atoms with van der Waals surface area (Å²) in [5, 5.41) is 22.6. The van der Waals surface area contributed by atoms with Gasteiger partial charge in [0.25, 0.3) is 0 Å². The summed E-state index contributed by atoms with van der Waals surface area (Å²) in [4.78, 5) is 11.5. The van der Waals surface area contributed by atoms with Crippen LogP contribution in [-0.4, -0.2) is 69.4 Å². The van der Waals surface area contributed by atoms with Crippen molar-refractivity contribution >= 4 is 17.5 Å². The molecule has 0 saturated carbocycles. The Morgan fingerprint density at radius 3 is 3.04 bits per heavy atom. The molecular weight excluding hydrogens is 384 g/mol. The maximum Gasteiger partial charge on any atom is 0.209 e. The number of hydrogen-bond acceptors (Lipinski definition) is 9. The van der Waals surface area contributed by atoms with Crippen molar-refractivity contribution in [1.82, 2.24) is 20.2 Å².